The molecule has 106 valence electrons. The lowest BCUT2D eigenvalue weighted by Crippen LogP contribution is -2.26. The summed E-state index contributed by atoms with van der Waals surface area (Å²) in [4.78, 5) is 17.2. The molecular formula is C12H12FN3O3S. The molecule has 0 saturated carbocycles. The topological polar surface area (TPSA) is 71.8 Å². The highest BCUT2D eigenvalue weighted by Gasteiger charge is 2.38. The van der Waals surface area contributed by atoms with E-state index in [0.29, 0.717) is 0 Å². The Hall–Kier alpha value is -1.96. The molecule has 3 rings (SSSR count). The molecule has 1 atom stereocenters. The molecule has 0 radical (unpaired) electrons. The van der Waals surface area contributed by atoms with E-state index in [1.165, 1.54) is 4.90 Å². The van der Waals surface area contributed by atoms with Crippen LogP contribution in [-0.2, 0) is 21.6 Å². The van der Waals surface area contributed by atoms with E-state index in [1.54, 1.807) is 22.9 Å². The monoisotopic (exact) mass is 297 g/mol. The lowest BCUT2D eigenvalue weighted by Gasteiger charge is -2.16. The molecule has 3 heterocycles. The maximum absolute atomic E-state index is 12.9. The highest BCUT2D eigenvalue weighted by Crippen LogP contribution is 2.21. The number of fused-ring (bicyclic) bond motifs is 1. The number of aromatic nitrogens is 2. The van der Waals surface area contributed by atoms with Crippen LogP contribution < -0.4 is 0 Å². The zero-order valence-electron chi connectivity index (χ0n) is 10.4. The fraction of sp³-hybridized carbons (Fsp3) is 0.333. The molecule has 2 aromatic rings. The first-order valence-corrected chi connectivity index (χ1v) is 7.51. The Morgan fingerprint density at radius 2 is 2.20 bits per heavy atom. The van der Waals surface area contributed by atoms with E-state index in [9.17, 15) is 17.1 Å². The number of hydrogen-bond donors (Lipinski definition) is 0. The largest absolute Gasteiger partial charge is 0.337 e. The second-order valence-corrected chi connectivity index (χ2v) is 6.42. The van der Waals surface area contributed by atoms with E-state index < -0.39 is 15.5 Å². The summed E-state index contributed by atoms with van der Waals surface area (Å²) in [5.41, 5.74) is 1.62. The SMILES string of the molecule is O=C1CC(S(=O)(=O)F)CN1Cc1ccc2nccn2c1. The number of carbonyl (C=O) groups is 1. The molecule has 0 aliphatic carbocycles. The van der Waals surface area contributed by atoms with Gasteiger partial charge in [0.1, 0.15) is 10.9 Å². The lowest BCUT2D eigenvalue weighted by molar-refractivity contribution is -0.128. The predicted molar refractivity (Wildman–Crippen MR) is 69.0 cm³/mol. The number of rotatable bonds is 3. The van der Waals surface area contributed by atoms with Gasteiger partial charge < -0.3 is 9.30 Å². The average Bonchev–Trinajstić information content (AvgIpc) is 2.95. The van der Waals surface area contributed by atoms with Crippen molar-refractivity contribution in [3.63, 3.8) is 0 Å². The van der Waals surface area contributed by atoms with Crippen LogP contribution >= 0.6 is 0 Å². The normalized spacial score (nSPS) is 19.9. The minimum absolute atomic E-state index is 0.0976. The summed E-state index contributed by atoms with van der Waals surface area (Å²) in [6.07, 6.45) is 4.96. The third kappa shape index (κ3) is 2.38. The minimum atomic E-state index is -4.66. The van der Waals surface area contributed by atoms with Crippen molar-refractivity contribution >= 4 is 21.8 Å². The zero-order valence-corrected chi connectivity index (χ0v) is 11.3. The van der Waals surface area contributed by atoms with Gasteiger partial charge in [0.25, 0.3) is 0 Å². The van der Waals surface area contributed by atoms with Gasteiger partial charge in [-0.3, -0.25) is 4.79 Å². The van der Waals surface area contributed by atoms with E-state index in [1.807, 2.05) is 12.3 Å². The van der Waals surface area contributed by atoms with Crippen molar-refractivity contribution in [2.24, 2.45) is 0 Å². The van der Waals surface area contributed by atoms with Crippen LogP contribution in [0.1, 0.15) is 12.0 Å². The molecule has 0 spiro atoms. The van der Waals surface area contributed by atoms with Crippen LogP contribution in [0, 0.1) is 0 Å². The van der Waals surface area contributed by atoms with Gasteiger partial charge in [-0.15, -0.1) is 3.89 Å². The maximum Gasteiger partial charge on any atom is 0.307 e. The second-order valence-electron chi connectivity index (χ2n) is 4.81. The van der Waals surface area contributed by atoms with Crippen LogP contribution in [0.15, 0.2) is 30.7 Å². The highest BCUT2D eigenvalue weighted by molar-refractivity contribution is 7.87. The van der Waals surface area contributed by atoms with Crippen molar-refractivity contribution < 1.29 is 17.1 Å². The van der Waals surface area contributed by atoms with Crippen LogP contribution in [0.3, 0.4) is 0 Å². The molecule has 1 unspecified atom stereocenters. The molecule has 1 aliphatic heterocycles. The molecule has 0 bridgehead atoms. The van der Waals surface area contributed by atoms with E-state index in [2.05, 4.69) is 4.98 Å². The van der Waals surface area contributed by atoms with Gasteiger partial charge in [0.05, 0.1) is 0 Å². The standard InChI is InChI=1S/C12H12FN3O3S/c13-20(18,19)10-5-12(17)16(8-10)7-9-1-2-11-14-3-4-15(11)6-9/h1-4,6,10H,5,7-8H2. The van der Waals surface area contributed by atoms with Gasteiger partial charge in [-0.2, -0.15) is 8.42 Å². The summed E-state index contributed by atoms with van der Waals surface area (Å²) in [6.45, 7) is 0.165. The molecule has 6 nitrogen and oxygen atoms in total. The van der Waals surface area contributed by atoms with Crippen molar-refractivity contribution in [2.75, 3.05) is 6.54 Å². The number of pyridine rings is 1. The number of imidazole rings is 1. The number of nitrogens with zero attached hydrogens (tertiary/aromatic N) is 3. The Morgan fingerprint density at radius 1 is 1.40 bits per heavy atom. The number of halogens is 1. The van der Waals surface area contributed by atoms with E-state index >= 15 is 0 Å². The number of hydrogen-bond acceptors (Lipinski definition) is 4. The number of likely N-dealkylation sites (tertiary alicyclic amines) is 1. The highest BCUT2D eigenvalue weighted by atomic mass is 32.3. The molecule has 2 aromatic heterocycles. The molecule has 0 aromatic carbocycles. The summed E-state index contributed by atoms with van der Waals surface area (Å²) >= 11 is 0. The Bertz CT molecular complexity index is 771. The summed E-state index contributed by atoms with van der Waals surface area (Å²) in [5, 5.41) is -1.24. The minimum Gasteiger partial charge on any atom is -0.337 e. The fourth-order valence-corrected chi connectivity index (χ4v) is 3.06. The zero-order chi connectivity index (χ0) is 14.3. The Morgan fingerprint density at radius 3 is 2.90 bits per heavy atom. The van der Waals surface area contributed by atoms with Crippen LogP contribution in [0.4, 0.5) is 3.89 Å². The van der Waals surface area contributed by atoms with Crippen molar-refractivity contribution in [1.29, 1.82) is 0 Å². The smallest absolute Gasteiger partial charge is 0.307 e. The van der Waals surface area contributed by atoms with Gasteiger partial charge >= 0.3 is 10.2 Å². The van der Waals surface area contributed by atoms with Gasteiger partial charge in [0, 0.05) is 38.1 Å². The Balaban J connectivity index is 1.79. The number of carbonyl (C=O) groups excluding carboxylic acids is 1. The van der Waals surface area contributed by atoms with Crippen molar-refractivity contribution in [3.8, 4) is 0 Å². The Labute approximate surface area is 115 Å². The summed E-state index contributed by atoms with van der Waals surface area (Å²) in [7, 11) is -4.66. The predicted octanol–water partition coefficient (Wildman–Crippen LogP) is 0.734. The summed E-state index contributed by atoms with van der Waals surface area (Å²) in [5.74, 6) is -0.345. The first-order chi connectivity index (χ1) is 9.43. The van der Waals surface area contributed by atoms with Gasteiger partial charge in [-0.05, 0) is 11.6 Å². The van der Waals surface area contributed by atoms with Crippen LogP contribution in [-0.4, -0.2) is 40.4 Å². The van der Waals surface area contributed by atoms with Crippen molar-refractivity contribution in [2.45, 2.75) is 18.2 Å². The molecule has 1 fully saturated rings. The lowest BCUT2D eigenvalue weighted by atomic mass is 10.2. The molecule has 1 saturated heterocycles. The molecule has 20 heavy (non-hydrogen) atoms. The molecule has 1 amide bonds. The third-order valence-electron chi connectivity index (χ3n) is 3.40. The second kappa shape index (κ2) is 4.55. The van der Waals surface area contributed by atoms with Crippen molar-refractivity contribution in [3.05, 3.63) is 36.3 Å². The fourth-order valence-electron chi connectivity index (χ4n) is 2.36. The quantitative estimate of drug-likeness (QED) is 0.783. The summed E-state index contributed by atoms with van der Waals surface area (Å²) in [6, 6.07) is 3.62. The molecule has 8 heteroatoms. The van der Waals surface area contributed by atoms with Crippen LogP contribution in [0.25, 0.3) is 5.65 Å². The van der Waals surface area contributed by atoms with E-state index in [-0.39, 0.29) is 25.4 Å². The van der Waals surface area contributed by atoms with Gasteiger partial charge in [0.2, 0.25) is 5.91 Å². The van der Waals surface area contributed by atoms with E-state index in [0.717, 1.165) is 11.2 Å². The molecule has 1 aliphatic rings. The maximum atomic E-state index is 12.9. The van der Waals surface area contributed by atoms with Gasteiger partial charge in [-0.25, -0.2) is 4.98 Å². The average molecular weight is 297 g/mol. The first kappa shape index (κ1) is 13.0. The van der Waals surface area contributed by atoms with Gasteiger partial charge in [0.15, 0.2) is 0 Å². The van der Waals surface area contributed by atoms with Crippen LogP contribution in [0.5, 0.6) is 0 Å². The molecular weight excluding hydrogens is 285 g/mol. The summed E-state index contributed by atoms with van der Waals surface area (Å²) < 4.78 is 36.5. The van der Waals surface area contributed by atoms with E-state index in [4.69, 9.17) is 0 Å². The molecule has 0 N–H and O–H groups in total. The van der Waals surface area contributed by atoms with Crippen LogP contribution in [0.2, 0.25) is 0 Å². The third-order valence-corrected chi connectivity index (χ3v) is 4.51. The number of amides is 1. The first-order valence-electron chi connectivity index (χ1n) is 6.06. The van der Waals surface area contributed by atoms with Crippen molar-refractivity contribution in [1.82, 2.24) is 14.3 Å². The Kier molecular flexibility index (Phi) is 2.97. The van der Waals surface area contributed by atoms with Gasteiger partial charge in [-0.1, -0.05) is 6.07 Å².